The van der Waals surface area contributed by atoms with E-state index in [-0.39, 0.29) is 0 Å². The molecule has 1 aromatic carbocycles. The molecule has 0 heterocycles. The van der Waals surface area contributed by atoms with Gasteiger partial charge in [0.1, 0.15) is 5.75 Å². The van der Waals surface area contributed by atoms with Gasteiger partial charge in [-0.1, -0.05) is 0 Å². The Morgan fingerprint density at radius 1 is 1.62 bits per heavy atom. The van der Waals surface area contributed by atoms with Crippen molar-refractivity contribution in [2.45, 2.75) is 0 Å². The van der Waals surface area contributed by atoms with Gasteiger partial charge in [-0.15, -0.1) is 0 Å². The minimum absolute atomic E-state index is 0.463. The lowest BCUT2D eigenvalue weighted by atomic mass is 10.2. The topological polar surface area (TPSA) is 74.5 Å². The summed E-state index contributed by atoms with van der Waals surface area (Å²) in [5, 5.41) is 5.68. The van der Waals surface area contributed by atoms with Crippen molar-refractivity contribution in [3.8, 4) is 5.75 Å². The molecule has 0 fully saturated rings. The average molecular weight is 179 g/mol. The summed E-state index contributed by atoms with van der Waals surface area (Å²) in [5.41, 5.74) is 7.74. The molecule has 0 saturated heterocycles. The molecule has 0 radical (unpaired) electrons. The second kappa shape index (κ2) is 4.20. The third kappa shape index (κ3) is 2.02. The van der Waals surface area contributed by atoms with Crippen LogP contribution in [0.2, 0.25) is 0 Å². The third-order valence-corrected chi connectivity index (χ3v) is 1.53. The van der Waals surface area contributed by atoms with Gasteiger partial charge in [0.15, 0.2) is 0 Å². The molecule has 1 rings (SSSR count). The van der Waals surface area contributed by atoms with Gasteiger partial charge >= 0.3 is 0 Å². The molecule has 0 aliphatic rings. The maximum absolute atomic E-state index is 10.2. The molecular weight excluding hydrogens is 170 g/mol. The van der Waals surface area contributed by atoms with E-state index >= 15 is 0 Å². The average Bonchev–Trinajstić information content (AvgIpc) is 2.18. The first-order valence-electron chi connectivity index (χ1n) is 3.57. The SMILES string of the molecule is COc1ccc(N=N)cc1NC=O. The molecule has 0 spiro atoms. The zero-order valence-electron chi connectivity index (χ0n) is 7.07. The molecule has 1 amide bonds. The molecule has 0 aromatic heterocycles. The molecule has 2 N–H and O–H groups in total. The molecule has 0 atom stereocenters. The molecule has 68 valence electrons. The molecule has 0 unspecified atom stereocenters. The second-order valence-electron chi connectivity index (χ2n) is 2.26. The van der Waals surface area contributed by atoms with Crippen LogP contribution in [-0.4, -0.2) is 13.5 Å². The molecule has 0 saturated carbocycles. The van der Waals surface area contributed by atoms with E-state index in [0.717, 1.165) is 0 Å². The molecular formula is C8H9N3O2. The number of benzene rings is 1. The van der Waals surface area contributed by atoms with E-state index in [4.69, 9.17) is 10.3 Å². The summed E-state index contributed by atoms with van der Waals surface area (Å²) in [7, 11) is 1.50. The van der Waals surface area contributed by atoms with Crippen LogP contribution in [0.4, 0.5) is 11.4 Å². The Bertz CT molecular complexity index is 325. The Kier molecular flexibility index (Phi) is 2.97. The first-order chi connectivity index (χ1) is 6.31. The molecule has 5 heteroatoms. The van der Waals surface area contributed by atoms with Gasteiger partial charge in [0, 0.05) is 0 Å². The van der Waals surface area contributed by atoms with Gasteiger partial charge in [-0.3, -0.25) is 4.79 Å². The molecule has 13 heavy (non-hydrogen) atoms. The van der Waals surface area contributed by atoms with Crippen molar-refractivity contribution >= 4 is 17.8 Å². The molecule has 5 nitrogen and oxygen atoms in total. The van der Waals surface area contributed by atoms with Crippen molar-refractivity contribution in [3.63, 3.8) is 0 Å². The fourth-order valence-electron chi connectivity index (χ4n) is 0.942. The number of hydrogen-bond donors (Lipinski definition) is 2. The zero-order chi connectivity index (χ0) is 9.68. The predicted molar refractivity (Wildman–Crippen MR) is 47.5 cm³/mol. The van der Waals surface area contributed by atoms with E-state index in [0.29, 0.717) is 23.5 Å². The van der Waals surface area contributed by atoms with Crippen molar-refractivity contribution in [3.05, 3.63) is 18.2 Å². The largest absolute Gasteiger partial charge is 0.495 e. The lowest BCUT2D eigenvalue weighted by Gasteiger charge is -2.06. The van der Waals surface area contributed by atoms with Crippen LogP contribution in [0.3, 0.4) is 0 Å². The van der Waals surface area contributed by atoms with Crippen molar-refractivity contribution < 1.29 is 9.53 Å². The van der Waals surface area contributed by atoms with Crippen LogP contribution in [0.5, 0.6) is 5.75 Å². The number of nitrogens with one attached hydrogen (secondary N) is 2. The number of ether oxygens (including phenoxy) is 1. The lowest BCUT2D eigenvalue weighted by Crippen LogP contribution is -1.96. The van der Waals surface area contributed by atoms with E-state index in [1.807, 2.05) is 0 Å². The van der Waals surface area contributed by atoms with Crippen LogP contribution >= 0.6 is 0 Å². The first-order valence-corrected chi connectivity index (χ1v) is 3.57. The fraction of sp³-hybridized carbons (Fsp3) is 0.125. The Morgan fingerprint density at radius 2 is 2.38 bits per heavy atom. The van der Waals surface area contributed by atoms with Gasteiger partial charge in [-0.05, 0) is 18.2 Å². The summed E-state index contributed by atoms with van der Waals surface area (Å²) in [6, 6.07) is 4.82. The number of carbonyl (C=O) groups excluding carboxylic acids is 1. The van der Waals surface area contributed by atoms with E-state index in [2.05, 4.69) is 10.4 Å². The summed E-state index contributed by atoms with van der Waals surface area (Å²) in [6.07, 6.45) is 0.547. The normalized spacial score (nSPS) is 9.00. The second-order valence-corrected chi connectivity index (χ2v) is 2.26. The summed E-state index contributed by atoms with van der Waals surface area (Å²) in [5.74, 6) is 0.541. The summed E-state index contributed by atoms with van der Waals surface area (Å²) in [4.78, 5) is 10.2. The van der Waals surface area contributed by atoms with E-state index in [1.165, 1.54) is 7.11 Å². The van der Waals surface area contributed by atoms with Crippen LogP contribution < -0.4 is 10.1 Å². The van der Waals surface area contributed by atoms with Crippen LogP contribution in [0.25, 0.3) is 0 Å². The molecule has 1 aromatic rings. The number of nitrogens with zero attached hydrogens (tertiary/aromatic N) is 1. The molecule has 0 bridgehead atoms. The molecule has 0 aliphatic heterocycles. The van der Waals surface area contributed by atoms with Gasteiger partial charge in [0.2, 0.25) is 6.41 Å². The first kappa shape index (κ1) is 9.18. The predicted octanol–water partition coefficient (Wildman–Crippen LogP) is 1.93. The Balaban J connectivity index is 3.08. The smallest absolute Gasteiger partial charge is 0.211 e. The van der Waals surface area contributed by atoms with Gasteiger partial charge in [0.05, 0.1) is 18.5 Å². The number of carbonyl (C=O) groups is 1. The van der Waals surface area contributed by atoms with Crippen molar-refractivity contribution in [2.24, 2.45) is 5.11 Å². The van der Waals surface area contributed by atoms with Crippen LogP contribution in [-0.2, 0) is 4.79 Å². The summed E-state index contributed by atoms with van der Waals surface area (Å²) in [6.45, 7) is 0. The van der Waals surface area contributed by atoms with Gasteiger partial charge in [-0.2, -0.15) is 5.11 Å². The third-order valence-electron chi connectivity index (χ3n) is 1.53. The number of rotatable bonds is 4. The number of anilines is 1. The Labute approximate surface area is 75.2 Å². The Hall–Kier alpha value is -1.91. The molecule has 0 aliphatic carbocycles. The highest BCUT2D eigenvalue weighted by Gasteiger charge is 2.02. The van der Waals surface area contributed by atoms with Crippen LogP contribution in [0.1, 0.15) is 0 Å². The van der Waals surface area contributed by atoms with Crippen molar-refractivity contribution in [1.29, 1.82) is 5.53 Å². The van der Waals surface area contributed by atoms with Crippen molar-refractivity contribution in [2.75, 3.05) is 12.4 Å². The van der Waals surface area contributed by atoms with Gasteiger partial charge in [0.25, 0.3) is 0 Å². The van der Waals surface area contributed by atoms with E-state index in [1.54, 1.807) is 18.2 Å². The minimum Gasteiger partial charge on any atom is -0.495 e. The van der Waals surface area contributed by atoms with E-state index < -0.39 is 0 Å². The fourth-order valence-corrected chi connectivity index (χ4v) is 0.942. The minimum atomic E-state index is 0.463. The standard InChI is InChI=1S/C8H9N3O2/c1-13-8-3-2-6(11-9)4-7(8)10-5-12/h2-5,9H,1H3,(H,10,12). The lowest BCUT2D eigenvalue weighted by molar-refractivity contribution is -0.105. The van der Waals surface area contributed by atoms with Gasteiger partial charge < -0.3 is 10.1 Å². The number of methoxy groups -OCH3 is 1. The highest BCUT2D eigenvalue weighted by atomic mass is 16.5. The maximum atomic E-state index is 10.2. The highest BCUT2D eigenvalue weighted by Crippen LogP contribution is 2.28. The highest BCUT2D eigenvalue weighted by molar-refractivity contribution is 5.77. The van der Waals surface area contributed by atoms with Crippen molar-refractivity contribution in [1.82, 2.24) is 0 Å². The van der Waals surface area contributed by atoms with Crippen LogP contribution in [0, 0.1) is 5.53 Å². The monoisotopic (exact) mass is 179 g/mol. The quantitative estimate of drug-likeness (QED) is 0.547. The summed E-state index contributed by atoms with van der Waals surface area (Å²) >= 11 is 0. The Morgan fingerprint density at radius 3 is 2.92 bits per heavy atom. The van der Waals surface area contributed by atoms with Gasteiger partial charge in [-0.25, -0.2) is 5.53 Å². The van der Waals surface area contributed by atoms with E-state index in [9.17, 15) is 4.79 Å². The number of hydrogen-bond acceptors (Lipinski definition) is 4. The maximum Gasteiger partial charge on any atom is 0.211 e. The number of amides is 1. The zero-order valence-corrected chi connectivity index (χ0v) is 7.07. The van der Waals surface area contributed by atoms with Crippen LogP contribution in [0.15, 0.2) is 23.3 Å². The summed E-state index contributed by atoms with van der Waals surface area (Å²) < 4.78 is 4.97.